The lowest BCUT2D eigenvalue weighted by Crippen LogP contribution is -2.36. The summed E-state index contributed by atoms with van der Waals surface area (Å²) < 4.78 is 5.75. The molecule has 1 aromatic rings. The van der Waals surface area contributed by atoms with Crippen LogP contribution in [0.2, 0.25) is 0 Å². The van der Waals surface area contributed by atoms with Gasteiger partial charge in [0.15, 0.2) is 0 Å². The molecular formula is C17H20O2. The summed E-state index contributed by atoms with van der Waals surface area (Å²) in [5.41, 5.74) is 2.94. The maximum absolute atomic E-state index is 9.66. The summed E-state index contributed by atoms with van der Waals surface area (Å²) in [4.78, 5) is 0. The van der Waals surface area contributed by atoms with Gasteiger partial charge in [-0.1, -0.05) is 6.07 Å². The lowest BCUT2D eigenvalue weighted by Gasteiger charge is -2.44. The molecule has 3 aliphatic carbocycles. The van der Waals surface area contributed by atoms with Crippen molar-refractivity contribution in [1.29, 1.82) is 0 Å². The predicted octanol–water partition coefficient (Wildman–Crippen LogP) is 3.24. The first-order valence-corrected chi connectivity index (χ1v) is 7.78. The molecule has 100 valence electrons. The second-order valence-electron chi connectivity index (χ2n) is 6.97. The number of rotatable bonds is 0. The molecule has 0 amide bonds. The minimum atomic E-state index is 0.432. The first-order valence-electron chi connectivity index (χ1n) is 7.78. The molecular weight excluding hydrogens is 236 g/mol. The molecule has 1 aliphatic heterocycles. The minimum absolute atomic E-state index is 0.432. The Morgan fingerprint density at radius 2 is 2.00 bits per heavy atom. The molecule has 1 heterocycles. The predicted molar refractivity (Wildman–Crippen MR) is 72.2 cm³/mol. The Bertz CT molecular complexity index is 538. The van der Waals surface area contributed by atoms with Crippen molar-refractivity contribution < 1.29 is 9.84 Å². The number of epoxide rings is 1. The van der Waals surface area contributed by atoms with Crippen molar-refractivity contribution in [2.45, 2.75) is 50.2 Å². The van der Waals surface area contributed by atoms with Gasteiger partial charge in [-0.3, -0.25) is 0 Å². The summed E-state index contributed by atoms with van der Waals surface area (Å²) in [6, 6.07) is 6.06. The van der Waals surface area contributed by atoms with Crippen molar-refractivity contribution in [3.63, 3.8) is 0 Å². The minimum Gasteiger partial charge on any atom is -0.508 e. The van der Waals surface area contributed by atoms with E-state index < -0.39 is 0 Å². The highest BCUT2D eigenvalue weighted by molar-refractivity contribution is 5.40. The first kappa shape index (κ1) is 10.7. The number of hydrogen-bond acceptors (Lipinski definition) is 2. The first-order chi connectivity index (χ1) is 9.31. The zero-order valence-corrected chi connectivity index (χ0v) is 11.1. The molecule has 5 rings (SSSR count). The molecule has 19 heavy (non-hydrogen) atoms. The van der Waals surface area contributed by atoms with Crippen molar-refractivity contribution in [2.24, 2.45) is 17.8 Å². The molecule has 6 atom stereocenters. The number of hydrogen-bond donors (Lipinski definition) is 1. The lowest BCUT2D eigenvalue weighted by molar-refractivity contribution is 0.0770. The van der Waals surface area contributed by atoms with Gasteiger partial charge in [-0.2, -0.15) is 0 Å². The van der Waals surface area contributed by atoms with Crippen LogP contribution in [0.4, 0.5) is 0 Å². The second kappa shape index (κ2) is 3.54. The average Bonchev–Trinajstić information content (AvgIpc) is 3.10. The Hall–Kier alpha value is -1.02. The summed E-state index contributed by atoms with van der Waals surface area (Å²) in [5.74, 6) is 3.85. The van der Waals surface area contributed by atoms with E-state index in [1.54, 1.807) is 0 Å². The van der Waals surface area contributed by atoms with E-state index in [9.17, 15) is 5.11 Å². The zero-order valence-electron chi connectivity index (χ0n) is 11.1. The molecule has 1 aromatic carbocycles. The van der Waals surface area contributed by atoms with E-state index >= 15 is 0 Å². The van der Waals surface area contributed by atoms with Crippen LogP contribution in [0.5, 0.6) is 5.75 Å². The van der Waals surface area contributed by atoms with E-state index in [-0.39, 0.29) is 0 Å². The molecule has 2 heteroatoms. The van der Waals surface area contributed by atoms with Gasteiger partial charge < -0.3 is 9.84 Å². The van der Waals surface area contributed by atoms with Gasteiger partial charge in [0.25, 0.3) is 0 Å². The van der Waals surface area contributed by atoms with Crippen LogP contribution in [0.25, 0.3) is 0 Å². The third-order valence-electron chi connectivity index (χ3n) is 6.25. The summed E-state index contributed by atoms with van der Waals surface area (Å²) in [5, 5.41) is 9.66. The topological polar surface area (TPSA) is 32.8 Å². The Kier molecular flexibility index (Phi) is 2.00. The Balaban J connectivity index is 1.52. The van der Waals surface area contributed by atoms with Crippen molar-refractivity contribution in [1.82, 2.24) is 0 Å². The fourth-order valence-electron chi connectivity index (χ4n) is 5.46. The molecule has 4 aliphatic rings. The highest BCUT2D eigenvalue weighted by atomic mass is 16.6. The summed E-state index contributed by atoms with van der Waals surface area (Å²) in [6.07, 6.45) is 7.74. The van der Waals surface area contributed by atoms with Crippen molar-refractivity contribution in [2.75, 3.05) is 0 Å². The third-order valence-corrected chi connectivity index (χ3v) is 6.25. The van der Waals surface area contributed by atoms with Crippen LogP contribution in [0.3, 0.4) is 0 Å². The summed E-state index contributed by atoms with van der Waals surface area (Å²) in [7, 11) is 0. The van der Waals surface area contributed by atoms with Crippen LogP contribution in [-0.2, 0) is 11.2 Å². The van der Waals surface area contributed by atoms with Gasteiger partial charge in [0.1, 0.15) is 5.75 Å². The highest BCUT2D eigenvalue weighted by Gasteiger charge is 2.59. The molecule has 1 saturated heterocycles. The van der Waals surface area contributed by atoms with E-state index in [1.807, 2.05) is 12.1 Å². The van der Waals surface area contributed by atoms with Gasteiger partial charge in [-0.15, -0.1) is 0 Å². The molecule has 2 nitrogen and oxygen atoms in total. The van der Waals surface area contributed by atoms with E-state index in [0.29, 0.717) is 18.0 Å². The lowest BCUT2D eigenvalue weighted by atomic mass is 9.60. The molecule has 0 spiro atoms. The van der Waals surface area contributed by atoms with Crippen LogP contribution < -0.4 is 0 Å². The van der Waals surface area contributed by atoms with Crippen molar-refractivity contribution in [3.05, 3.63) is 29.3 Å². The number of phenols is 1. The van der Waals surface area contributed by atoms with Crippen molar-refractivity contribution in [3.8, 4) is 5.75 Å². The maximum atomic E-state index is 9.66. The van der Waals surface area contributed by atoms with Gasteiger partial charge in [0, 0.05) is 0 Å². The average molecular weight is 256 g/mol. The maximum Gasteiger partial charge on any atom is 0.115 e. The van der Waals surface area contributed by atoms with Gasteiger partial charge in [0.2, 0.25) is 0 Å². The fourth-order valence-corrected chi connectivity index (χ4v) is 5.46. The summed E-state index contributed by atoms with van der Waals surface area (Å²) in [6.45, 7) is 0. The molecule has 1 N–H and O–H groups in total. The Morgan fingerprint density at radius 1 is 1.05 bits per heavy atom. The monoisotopic (exact) mass is 256 g/mol. The second-order valence-corrected chi connectivity index (χ2v) is 6.97. The number of aryl methyl sites for hydroxylation is 1. The Morgan fingerprint density at radius 3 is 2.95 bits per heavy atom. The number of phenolic OH excluding ortho intramolecular Hbond substituents is 1. The van der Waals surface area contributed by atoms with Gasteiger partial charge in [-0.25, -0.2) is 0 Å². The van der Waals surface area contributed by atoms with E-state index in [2.05, 4.69) is 6.07 Å². The standard InChI is InChI=1S/C17H20O2/c18-10-2-4-11-9(7-10)1-3-13-12(11)5-6-14-15(13)8-16-17(14)19-16/h2,4,7,12-18H,1,3,5-6,8H2. The summed E-state index contributed by atoms with van der Waals surface area (Å²) >= 11 is 0. The molecule has 0 aromatic heterocycles. The van der Waals surface area contributed by atoms with Crippen LogP contribution in [0, 0.1) is 17.8 Å². The van der Waals surface area contributed by atoms with Crippen LogP contribution in [0.1, 0.15) is 42.7 Å². The van der Waals surface area contributed by atoms with Gasteiger partial charge in [-0.05, 0) is 79.0 Å². The van der Waals surface area contributed by atoms with Crippen LogP contribution >= 0.6 is 0 Å². The van der Waals surface area contributed by atoms with E-state index in [0.717, 1.165) is 30.1 Å². The molecule has 0 radical (unpaired) electrons. The van der Waals surface area contributed by atoms with E-state index in [1.165, 1.54) is 36.8 Å². The Labute approximate surface area is 113 Å². The number of aromatic hydroxyl groups is 1. The number of ether oxygens (including phenoxy) is 1. The molecule has 3 fully saturated rings. The normalized spacial score (nSPS) is 45.9. The van der Waals surface area contributed by atoms with E-state index in [4.69, 9.17) is 4.74 Å². The fraction of sp³-hybridized carbons (Fsp3) is 0.647. The SMILES string of the molecule is Oc1ccc2c(c1)CCC1C2CCC2C1CC1OC12. The smallest absolute Gasteiger partial charge is 0.115 e. The van der Waals surface area contributed by atoms with Crippen molar-refractivity contribution >= 4 is 0 Å². The molecule has 2 saturated carbocycles. The highest BCUT2D eigenvalue weighted by Crippen LogP contribution is 2.60. The third kappa shape index (κ3) is 1.41. The molecule has 0 bridgehead atoms. The van der Waals surface area contributed by atoms with Gasteiger partial charge in [0.05, 0.1) is 12.2 Å². The number of fused-ring (bicyclic) bond motifs is 7. The largest absolute Gasteiger partial charge is 0.508 e. The molecule has 6 unspecified atom stereocenters. The number of benzene rings is 1. The zero-order chi connectivity index (χ0) is 12.6. The van der Waals surface area contributed by atoms with Crippen LogP contribution in [-0.4, -0.2) is 17.3 Å². The van der Waals surface area contributed by atoms with Gasteiger partial charge >= 0.3 is 0 Å². The quantitative estimate of drug-likeness (QED) is 0.723. The van der Waals surface area contributed by atoms with Crippen LogP contribution in [0.15, 0.2) is 18.2 Å².